The lowest BCUT2D eigenvalue weighted by molar-refractivity contribution is 0.119. The lowest BCUT2D eigenvalue weighted by Gasteiger charge is -2.20. The van der Waals surface area contributed by atoms with Gasteiger partial charge in [0.25, 0.3) is 0 Å². The Labute approximate surface area is 75.6 Å². The Morgan fingerprint density at radius 2 is 1.75 bits per heavy atom. The number of hydrogen-bond acceptors (Lipinski definition) is 2. The van der Waals surface area contributed by atoms with Crippen LogP contribution >= 0.6 is 0 Å². The van der Waals surface area contributed by atoms with E-state index >= 15 is 0 Å². The van der Waals surface area contributed by atoms with Gasteiger partial charge >= 0.3 is 0 Å². The molecule has 0 amide bonds. The van der Waals surface area contributed by atoms with Gasteiger partial charge in [-0.1, -0.05) is 13.8 Å². The molecule has 1 fully saturated rings. The fraction of sp³-hybridized carbons (Fsp3) is 1.00. The Balaban J connectivity index is 2.50. The summed E-state index contributed by atoms with van der Waals surface area (Å²) in [5, 5.41) is 9.74. The van der Waals surface area contributed by atoms with Crippen molar-refractivity contribution in [2.45, 2.75) is 39.8 Å². The summed E-state index contributed by atoms with van der Waals surface area (Å²) in [6, 6.07) is 0.573. The van der Waals surface area contributed by atoms with Gasteiger partial charge in [0.1, 0.15) is 0 Å². The fourth-order valence-electron chi connectivity index (χ4n) is 1.92. The van der Waals surface area contributed by atoms with Gasteiger partial charge in [-0.25, -0.2) is 0 Å². The number of nitrogens with zero attached hydrogens (tertiary/aromatic N) is 1. The van der Waals surface area contributed by atoms with Crippen LogP contribution in [-0.2, 0) is 0 Å². The average molecular weight is 171 g/mol. The first kappa shape index (κ1) is 10.0. The Morgan fingerprint density at radius 3 is 2.00 bits per heavy atom. The molecule has 0 saturated carbocycles. The van der Waals surface area contributed by atoms with Crippen LogP contribution < -0.4 is 0 Å². The van der Waals surface area contributed by atoms with Crippen molar-refractivity contribution in [3.63, 3.8) is 0 Å². The van der Waals surface area contributed by atoms with Gasteiger partial charge in [-0.05, 0) is 19.8 Å². The predicted molar refractivity (Wildman–Crippen MR) is 51.0 cm³/mol. The van der Waals surface area contributed by atoms with Gasteiger partial charge in [-0.15, -0.1) is 0 Å². The molecule has 12 heavy (non-hydrogen) atoms. The molecule has 2 nitrogen and oxygen atoms in total. The quantitative estimate of drug-likeness (QED) is 0.678. The lowest BCUT2D eigenvalue weighted by Crippen LogP contribution is -2.29. The van der Waals surface area contributed by atoms with Crippen LogP contribution in [0.3, 0.4) is 0 Å². The van der Waals surface area contributed by atoms with Crippen molar-refractivity contribution in [1.82, 2.24) is 4.90 Å². The Bertz CT molecular complexity index is 145. The van der Waals surface area contributed by atoms with Crippen LogP contribution in [0.5, 0.6) is 0 Å². The number of β-amino-alcohol motifs (C(OH)–C–C–N with tert-alkyl or cyclic N) is 1. The molecule has 0 aromatic rings. The van der Waals surface area contributed by atoms with E-state index in [1.54, 1.807) is 0 Å². The van der Waals surface area contributed by atoms with Gasteiger partial charge in [0, 0.05) is 25.0 Å². The molecule has 1 rings (SSSR count). The third-order valence-electron chi connectivity index (χ3n) is 2.95. The van der Waals surface area contributed by atoms with Crippen molar-refractivity contribution in [1.29, 1.82) is 0 Å². The minimum atomic E-state index is -0.104. The van der Waals surface area contributed by atoms with E-state index in [9.17, 15) is 5.11 Å². The maximum absolute atomic E-state index is 9.74. The molecule has 2 atom stereocenters. The van der Waals surface area contributed by atoms with E-state index in [0.29, 0.717) is 17.9 Å². The number of aliphatic hydroxyl groups excluding tert-OH is 1. The first-order chi connectivity index (χ1) is 5.52. The Morgan fingerprint density at radius 1 is 1.17 bits per heavy atom. The van der Waals surface area contributed by atoms with Crippen LogP contribution in [0.15, 0.2) is 0 Å². The van der Waals surface area contributed by atoms with Crippen LogP contribution in [0.2, 0.25) is 0 Å². The second-order valence-corrected chi connectivity index (χ2v) is 4.52. The van der Waals surface area contributed by atoms with E-state index in [0.717, 1.165) is 13.1 Å². The molecule has 1 saturated heterocycles. The fourth-order valence-corrected chi connectivity index (χ4v) is 1.92. The molecule has 2 unspecified atom stereocenters. The summed E-state index contributed by atoms with van der Waals surface area (Å²) in [5.41, 5.74) is 0. The van der Waals surface area contributed by atoms with Crippen LogP contribution in [0, 0.1) is 11.8 Å². The highest BCUT2D eigenvalue weighted by atomic mass is 16.3. The SMILES string of the molecule is CC(C)C1CN(C(C)C)CC1O. The summed E-state index contributed by atoms with van der Waals surface area (Å²) in [6.45, 7) is 10.7. The molecule has 1 N–H and O–H groups in total. The molecule has 2 heteroatoms. The number of rotatable bonds is 2. The first-order valence-electron chi connectivity index (χ1n) is 4.94. The topological polar surface area (TPSA) is 23.5 Å². The molecule has 1 heterocycles. The van der Waals surface area contributed by atoms with Crippen LogP contribution in [0.4, 0.5) is 0 Å². The highest BCUT2D eigenvalue weighted by Gasteiger charge is 2.33. The molecular formula is C10H21NO. The zero-order chi connectivity index (χ0) is 9.30. The summed E-state index contributed by atoms with van der Waals surface area (Å²) < 4.78 is 0. The molecular weight excluding hydrogens is 150 g/mol. The zero-order valence-electron chi connectivity index (χ0n) is 8.62. The summed E-state index contributed by atoms with van der Waals surface area (Å²) in [5.74, 6) is 1.08. The highest BCUT2D eigenvalue weighted by Crippen LogP contribution is 2.25. The van der Waals surface area contributed by atoms with Gasteiger partial charge in [-0.3, -0.25) is 4.90 Å². The highest BCUT2D eigenvalue weighted by molar-refractivity contribution is 4.86. The van der Waals surface area contributed by atoms with Crippen LogP contribution in [0.25, 0.3) is 0 Å². The predicted octanol–water partition coefficient (Wildman–Crippen LogP) is 1.34. The maximum Gasteiger partial charge on any atom is 0.0710 e. The number of hydrogen-bond donors (Lipinski definition) is 1. The first-order valence-corrected chi connectivity index (χ1v) is 4.94. The van der Waals surface area contributed by atoms with E-state index < -0.39 is 0 Å². The van der Waals surface area contributed by atoms with Crippen molar-refractivity contribution in [2.24, 2.45) is 11.8 Å². The summed E-state index contributed by atoms with van der Waals surface area (Å²) in [4.78, 5) is 2.36. The summed E-state index contributed by atoms with van der Waals surface area (Å²) in [7, 11) is 0. The lowest BCUT2D eigenvalue weighted by atomic mass is 9.93. The number of aliphatic hydroxyl groups is 1. The van der Waals surface area contributed by atoms with Crippen molar-refractivity contribution < 1.29 is 5.11 Å². The molecule has 0 spiro atoms. The molecule has 0 aliphatic carbocycles. The molecule has 72 valence electrons. The molecule has 0 radical (unpaired) electrons. The standard InChI is InChI=1S/C10H21NO/c1-7(2)9-5-11(8(3)4)6-10(9)12/h7-10,12H,5-6H2,1-4H3. The smallest absolute Gasteiger partial charge is 0.0710 e. The van der Waals surface area contributed by atoms with Gasteiger partial charge in [0.2, 0.25) is 0 Å². The van der Waals surface area contributed by atoms with E-state index in [1.807, 2.05) is 0 Å². The van der Waals surface area contributed by atoms with E-state index in [2.05, 4.69) is 32.6 Å². The summed E-state index contributed by atoms with van der Waals surface area (Å²) in [6.07, 6.45) is -0.104. The third-order valence-corrected chi connectivity index (χ3v) is 2.95. The minimum Gasteiger partial charge on any atom is -0.391 e. The zero-order valence-corrected chi connectivity index (χ0v) is 8.62. The van der Waals surface area contributed by atoms with E-state index in [1.165, 1.54) is 0 Å². The van der Waals surface area contributed by atoms with Crippen LogP contribution in [0.1, 0.15) is 27.7 Å². The Kier molecular flexibility index (Phi) is 3.13. The van der Waals surface area contributed by atoms with Crippen molar-refractivity contribution >= 4 is 0 Å². The van der Waals surface area contributed by atoms with Gasteiger partial charge < -0.3 is 5.11 Å². The van der Waals surface area contributed by atoms with E-state index in [4.69, 9.17) is 0 Å². The minimum absolute atomic E-state index is 0.104. The second kappa shape index (κ2) is 3.75. The third kappa shape index (κ3) is 1.99. The van der Waals surface area contributed by atoms with Crippen molar-refractivity contribution in [3.8, 4) is 0 Å². The van der Waals surface area contributed by atoms with Crippen molar-refractivity contribution in [2.75, 3.05) is 13.1 Å². The molecule has 0 aromatic heterocycles. The molecule has 0 aromatic carbocycles. The largest absolute Gasteiger partial charge is 0.391 e. The average Bonchev–Trinajstić information content (AvgIpc) is 2.30. The normalized spacial score (nSPS) is 32.2. The number of likely N-dealkylation sites (tertiary alicyclic amines) is 1. The van der Waals surface area contributed by atoms with Gasteiger partial charge in [-0.2, -0.15) is 0 Å². The molecule has 1 aliphatic rings. The van der Waals surface area contributed by atoms with Crippen LogP contribution in [-0.4, -0.2) is 35.2 Å². The molecule has 1 aliphatic heterocycles. The Hall–Kier alpha value is -0.0800. The van der Waals surface area contributed by atoms with Gasteiger partial charge in [0.15, 0.2) is 0 Å². The van der Waals surface area contributed by atoms with E-state index in [-0.39, 0.29) is 6.10 Å². The van der Waals surface area contributed by atoms with Gasteiger partial charge in [0.05, 0.1) is 6.10 Å². The second-order valence-electron chi connectivity index (χ2n) is 4.52. The van der Waals surface area contributed by atoms with Crippen molar-refractivity contribution in [3.05, 3.63) is 0 Å². The monoisotopic (exact) mass is 171 g/mol. The molecule has 0 bridgehead atoms. The maximum atomic E-state index is 9.74. The summed E-state index contributed by atoms with van der Waals surface area (Å²) >= 11 is 0.